The molecule has 164 valence electrons. The normalized spacial score (nSPS) is 17.2. The summed E-state index contributed by atoms with van der Waals surface area (Å²) in [6.07, 6.45) is 6.14. The number of hydrogen-bond donors (Lipinski definition) is 2. The number of ether oxygens (including phenoxy) is 2. The van der Waals surface area contributed by atoms with Crippen LogP contribution in [0.4, 0.5) is 9.52 Å². The van der Waals surface area contributed by atoms with Gasteiger partial charge in [-0.05, 0) is 48.9 Å². The standard InChI is InChI=1S/C14H10FN3O2S.C8H15NO/c1-20-13-11-12(21-14(18-11)17-7-19)10(6-16-13)8-2-4-9(15)5-3-8;1-4-9-7-8(1)2-5-10-6-3-8/h2-7H,1H3,(H,17,18,19);9H,1-7H2. The largest absolute Gasteiger partial charge is 0.479 e. The van der Waals surface area contributed by atoms with Crippen molar-refractivity contribution in [3.8, 4) is 17.0 Å². The Kier molecular flexibility index (Phi) is 6.74. The first-order valence-electron chi connectivity index (χ1n) is 10.2. The molecule has 4 heterocycles. The van der Waals surface area contributed by atoms with Crippen molar-refractivity contribution in [3.05, 3.63) is 36.3 Å². The first kappa shape index (κ1) is 21.6. The van der Waals surface area contributed by atoms with Gasteiger partial charge in [0.05, 0.1) is 11.8 Å². The molecule has 1 aromatic carbocycles. The number of pyridine rings is 1. The van der Waals surface area contributed by atoms with Gasteiger partial charge in [0.25, 0.3) is 0 Å². The number of aromatic nitrogens is 2. The summed E-state index contributed by atoms with van der Waals surface area (Å²) in [5.74, 6) is 0.0788. The predicted molar refractivity (Wildman–Crippen MR) is 119 cm³/mol. The van der Waals surface area contributed by atoms with Crippen LogP contribution in [0.1, 0.15) is 19.3 Å². The Morgan fingerprint density at radius 2 is 2.03 bits per heavy atom. The molecule has 2 aliphatic rings. The van der Waals surface area contributed by atoms with Crippen molar-refractivity contribution in [1.82, 2.24) is 15.3 Å². The molecule has 0 saturated carbocycles. The number of amides is 1. The number of methoxy groups -OCH3 is 1. The molecule has 0 unspecified atom stereocenters. The van der Waals surface area contributed by atoms with Crippen LogP contribution in [0.5, 0.6) is 5.88 Å². The molecule has 3 aromatic rings. The van der Waals surface area contributed by atoms with E-state index in [1.54, 1.807) is 18.3 Å². The summed E-state index contributed by atoms with van der Waals surface area (Å²) in [7, 11) is 1.51. The third kappa shape index (κ3) is 4.84. The van der Waals surface area contributed by atoms with Crippen molar-refractivity contribution < 1.29 is 18.7 Å². The van der Waals surface area contributed by atoms with E-state index in [0.717, 1.165) is 29.0 Å². The van der Waals surface area contributed by atoms with Gasteiger partial charge < -0.3 is 20.1 Å². The van der Waals surface area contributed by atoms with Crippen LogP contribution in [0.15, 0.2) is 30.5 Å². The van der Waals surface area contributed by atoms with E-state index in [0.29, 0.717) is 28.4 Å². The second-order valence-corrected chi connectivity index (χ2v) is 8.69. The van der Waals surface area contributed by atoms with Crippen molar-refractivity contribution in [2.45, 2.75) is 19.3 Å². The number of fused-ring (bicyclic) bond motifs is 1. The Morgan fingerprint density at radius 1 is 1.26 bits per heavy atom. The van der Waals surface area contributed by atoms with E-state index in [1.807, 2.05) is 0 Å². The van der Waals surface area contributed by atoms with Crippen LogP contribution in [0, 0.1) is 11.2 Å². The Hall–Kier alpha value is -2.62. The van der Waals surface area contributed by atoms with Gasteiger partial charge in [0, 0.05) is 31.5 Å². The molecule has 0 radical (unpaired) electrons. The zero-order valence-electron chi connectivity index (χ0n) is 17.3. The highest BCUT2D eigenvalue weighted by atomic mass is 32.1. The second-order valence-electron chi connectivity index (χ2n) is 7.69. The van der Waals surface area contributed by atoms with Crippen LogP contribution >= 0.6 is 11.3 Å². The van der Waals surface area contributed by atoms with Crippen molar-refractivity contribution in [1.29, 1.82) is 0 Å². The topological polar surface area (TPSA) is 85.4 Å². The molecule has 2 fully saturated rings. The number of carbonyl (C=O) groups excluding carboxylic acids is 1. The van der Waals surface area contributed by atoms with E-state index >= 15 is 0 Å². The fourth-order valence-corrected chi connectivity index (χ4v) is 4.96. The summed E-state index contributed by atoms with van der Waals surface area (Å²) in [6, 6.07) is 6.11. The second kappa shape index (κ2) is 9.67. The van der Waals surface area contributed by atoms with E-state index < -0.39 is 0 Å². The van der Waals surface area contributed by atoms with Crippen LogP contribution in [-0.4, -0.2) is 49.8 Å². The lowest BCUT2D eigenvalue weighted by Crippen LogP contribution is -2.31. The lowest BCUT2D eigenvalue weighted by Gasteiger charge is -2.32. The molecular formula is C22H25FN4O3S. The van der Waals surface area contributed by atoms with E-state index in [9.17, 15) is 9.18 Å². The maximum atomic E-state index is 13.0. The van der Waals surface area contributed by atoms with Crippen LogP contribution in [0.25, 0.3) is 21.3 Å². The van der Waals surface area contributed by atoms with Crippen molar-refractivity contribution in [2.24, 2.45) is 5.41 Å². The number of benzene rings is 1. The van der Waals surface area contributed by atoms with Crippen LogP contribution in [-0.2, 0) is 9.53 Å². The lowest BCUT2D eigenvalue weighted by atomic mass is 9.80. The number of nitrogens with one attached hydrogen (secondary N) is 2. The summed E-state index contributed by atoms with van der Waals surface area (Å²) in [4.78, 5) is 19.1. The molecule has 31 heavy (non-hydrogen) atoms. The van der Waals surface area contributed by atoms with E-state index in [4.69, 9.17) is 9.47 Å². The van der Waals surface area contributed by atoms with Gasteiger partial charge >= 0.3 is 0 Å². The zero-order chi connectivity index (χ0) is 21.7. The summed E-state index contributed by atoms with van der Waals surface area (Å²) < 4.78 is 24.4. The third-order valence-corrected chi connectivity index (χ3v) is 6.82. The molecular weight excluding hydrogens is 419 g/mol. The van der Waals surface area contributed by atoms with E-state index in [1.165, 1.54) is 62.9 Å². The van der Waals surface area contributed by atoms with Crippen molar-refractivity contribution in [2.75, 3.05) is 38.7 Å². The Morgan fingerprint density at radius 3 is 2.68 bits per heavy atom. The maximum Gasteiger partial charge on any atom is 0.241 e. The molecule has 5 rings (SSSR count). The molecule has 1 spiro atoms. The third-order valence-electron chi connectivity index (χ3n) is 5.80. The minimum Gasteiger partial charge on any atom is -0.479 e. The average Bonchev–Trinajstić information content (AvgIpc) is 3.42. The monoisotopic (exact) mass is 444 g/mol. The number of rotatable bonds is 4. The van der Waals surface area contributed by atoms with Gasteiger partial charge in [-0.3, -0.25) is 4.79 Å². The average molecular weight is 445 g/mol. The first-order valence-corrected chi connectivity index (χ1v) is 11.0. The highest BCUT2D eigenvalue weighted by molar-refractivity contribution is 7.22. The molecule has 0 bridgehead atoms. The first-order chi connectivity index (χ1) is 15.1. The maximum absolute atomic E-state index is 13.0. The molecule has 0 atom stereocenters. The highest BCUT2D eigenvalue weighted by Crippen LogP contribution is 2.38. The minimum absolute atomic E-state index is 0.302. The van der Waals surface area contributed by atoms with Gasteiger partial charge in [0.2, 0.25) is 12.3 Å². The SMILES string of the molecule is C1CC2(CCOCC2)CN1.COc1ncc(-c2ccc(F)cc2)c2sc(NC=O)nc12. The fourth-order valence-electron chi connectivity index (χ4n) is 4.01. The summed E-state index contributed by atoms with van der Waals surface area (Å²) >= 11 is 1.31. The summed E-state index contributed by atoms with van der Waals surface area (Å²) in [5.41, 5.74) is 2.83. The highest BCUT2D eigenvalue weighted by Gasteiger charge is 2.34. The van der Waals surface area contributed by atoms with Crippen molar-refractivity contribution >= 4 is 33.1 Å². The Labute approximate surface area is 184 Å². The predicted octanol–water partition coefficient (Wildman–Crippen LogP) is 3.85. The number of carbonyl (C=O) groups is 1. The molecule has 2 saturated heterocycles. The minimum atomic E-state index is -0.302. The molecule has 9 heteroatoms. The van der Waals surface area contributed by atoms with Gasteiger partial charge in [0.15, 0.2) is 5.13 Å². The Balaban J connectivity index is 0.000000192. The lowest BCUT2D eigenvalue weighted by molar-refractivity contribution is -0.105. The van der Waals surface area contributed by atoms with Crippen LogP contribution in [0.2, 0.25) is 0 Å². The zero-order valence-corrected chi connectivity index (χ0v) is 18.1. The van der Waals surface area contributed by atoms with Gasteiger partial charge in [-0.15, -0.1) is 0 Å². The summed E-state index contributed by atoms with van der Waals surface area (Å²) in [5, 5.41) is 6.40. The number of hydrogen-bond acceptors (Lipinski definition) is 7. The summed E-state index contributed by atoms with van der Waals surface area (Å²) in [6.45, 7) is 4.43. The number of nitrogens with zero attached hydrogens (tertiary/aromatic N) is 2. The van der Waals surface area contributed by atoms with Gasteiger partial charge in [0.1, 0.15) is 11.3 Å². The molecule has 2 aliphatic heterocycles. The molecule has 2 N–H and O–H groups in total. The molecule has 7 nitrogen and oxygen atoms in total. The van der Waals surface area contributed by atoms with E-state index in [-0.39, 0.29) is 5.82 Å². The van der Waals surface area contributed by atoms with Crippen LogP contribution in [0.3, 0.4) is 0 Å². The molecule has 2 aromatic heterocycles. The van der Waals surface area contributed by atoms with Gasteiger partial charge in [-0.1, -0.05) is 23.5 Å². The van der Waals surface area contributed by atoms with Crippen molar-refractivity contribution in [3.63, 3.8) is 0 Å². The van der Waals surface area contributed by atoms with E-state index in [2.05, 4.69) is 20.6 Å². The number of anilines is 1. The van der Waals surface area contributed by atoms with Crippen LogP contribution < -0.4 is 15.4 Å². The molecule has 0 aliphatic carbocycles. The Bertz CT molecular complexity index is 1030. The van der Waals surface area contributed by atoms with Gasteiger partial charge in [-0.25, -0.2) is 14.4 Å². The molecule has 1 amide bonds. The number of thiazole rings is 1. The quantitative estimate of drug-likeness (QED) is 0.595. The number of halogens is 1. The van der Waals surface area contributed by atoms with Gasteiger partial charge in [-0.2, -0.15) is 0 Å². The smallest absolute Gasteiger partial charge is 0.241 e. The fraction of sp³-hybridized carbons (Fsp3) is 0.409.